The van der Waals surface area contributed by atoms with Crippen LogP contribution in [-0.2, 0) is 16.4 Å². The Balaban J connectivity index is 3.47. The number of aromatic carboxylic acids is 1. The predicted molar refractivity (Wildman–Crippen MR) is 78.9 cm³/mol. The maximum absolute atomic E-state index is 12.7. The Morgan fingerprint density at radius 2 is 1.95 bits per heavy atom. The highest BCUT2D eigenvalue weighted by Gasteiger charge is 2.29. The molecule has 0 spiro atoms. The molecule has 0 atom stereocenters. The van der Waals surface area contributed by atoms with E-state index in [4.69, 9.17) is 10.2 Å². The number of rotatable bonds is 7. The van der Waals surface area contributed by atoms with Crippen molar-refractivity contribution in [3.8, 4) is 0 Å². The fraction of sp³-hybridized carbons (Fsp3) is 0.500. The van der Waals surface area contributed by atoms with Gasteiger partial charge in [0.15, 0.2) is 0 Å². The summed E-state index contributed by atoms with van der Waals surface area (Å²) in [6.45, 7) is 4.90. The number of aliphatic hydroxyl groups is 1. The normalized spacial score (nSPS) is 12.1. The van der Waals surface area contributed by atoms with Crippen molar-refractivity contribution in [2.45, 2.75) is 38.1 Å². The average Bonchev–Trinajstić information content (AvgIpc) is 2.43. The van der Waals surface area contributed by atoms with Gasteiger partial charge < -0.3 is 10.2 Å². The Labute approximate surface area is 125 Å². The second kappa shape index (κ2) is 7.02. The van der Waals surface area contributed by atoms with Crippen molar-refractivity contribution in [3.05, 3.63) is 29.3 Å². The van der Waals surface area contributed by atoms with Crippen LogP contribution in [0.3, 0.4) is 0 Å². The van der Waals surface area contributed by atoms with Crippen LogP contribution in [0.25, 0.3) is 0 Å². The zero-order chi connectivity index (χ0) is 16.2. The van der Waals surface area contributed by atoms with Crippen molar-refractivity contribution in [3.63, 3.8) is 0 Å². The molecule has 0 aliphatic heterocycles. The molecule has 0 saturated carbocycles. The van der Waals surface area contributed by atoms with Gasteiger partial charge in [-0.1, -0.05) is 13.0 Å². The smallest absolute Gasteiger partial charge is 0.335 e. The molecular formula is C14H21NO5S. The van der Waals surface area contributed by atoms with Gasteiger partial charge in [-0.3, -0.25) is 0 Å². The van der Waals surface area contributed by atoms with Gasteiger partial charge in [-0.25, -0.2) is 13.2 Å². The lowest BCUT2D eigenvalue weighted by Crippen LogP contribution is -2.39. The van der Waals surface area contributed by atoms with Crippen LogP contribution in [0.2, 0.25) is 0 Å². The van der Waals surface area contributed by atoms with Gasteiger partial charge in [-0.15, -0.1) is 0 Å². The van der Waals surface area contributed by atoms with E-state index in [-0.39, 0.29) is 29.7 Å². The summed E-state index contributed by atoms with van der Waals surface area (Å²) in [7, 11) is -3.85. The van der Waals surface area contributed by atoms with E-state index in [0.29, 0.717) is 12.0 Å². The largest absolute Gasteiger partial charge is 0.478 e. The maximum Gasteiger partial charge on any atom is 0.335 e. The van der Waals surface area contributed by atoms with E-state index in [9.17, 15) is 13.2 Å². The van der Waals surface area contributed by atoms with Crippen molar-refractivity contribution >= 4 is 16.0 Å². The molecular weight excluding hydrogens is 294 g/mol. The number of carbonyl (C=O) groups is 1. The molecule has 0 heterocycles. The summed E-state index contributed by atoms with van der Waals surface area (Å²) >= 11 is 0. The molecule has 1 rings (SSSR count). The Bertz CT molecular complexity index is 610. The van der Waals surface area contributed by atoms with Crippen molar-refractivity contribution in [2.24, 2.45) is 0 Å². The maximum atomic E-state index is 12.7. The molecule has 118 valence electrons. The van der Waals surface area contributed by atoms with Crippen molar-refractivity contribution in [2.75, 3.05) is 13.2 Å². The van der Waals surface area contributed by atoms with E-state index in [1.807, 2.05) is 0 Å². The lowest BCUT2D eigenvalue weighted by molar-refractivity contribution is 0.0696. The Kier molecular flexibility index (Phi) is 5.88. The third-order valence-electron chi connectivity index (χ3n) is 3.18. The van der Waals surface area contributed by atoms with Crippen LogP contribution in [0.5, 0.6) is 0 Å². The summed E-state index contributed by atoms with van der Waals surface area (Å²) in [5.74, 6) is -1.17. The highest BCUT2D eigenvalue weighted by atomic mass is 32.2. The zero-order valence-corrected chi connectivity index (χ0v) is 13.2. The summed E-state index contributed by atoms with van der Waals surface area (Å²) in [5.41, 5.74) is 0.488. The van der Waals surface area contributed by atoms with Crippen LogP contribution in [0.15, 0.2) is 23.1 Å². The molecule has 0 aliphatic carbocycles. The Morgan fingerprint density at radius 3 is 2.38 bits per heavy atom. The van der Waals surface area contributed by atoms with Gasteiger partial charge in [-0.2, -0.15) is 4.31 Å². The second-order valence-electron chi connectivity index (χ2n) is 4.91. The minimum atomic E-state index is -3.85. The van der Waals surface area contributed by atoms with Crippen LogP contribution in [-0.4, -0.2) is 48.1 Å². The highest BCUT2D eigenvalue weighted by Crippen LogP contribution is 2.24. The van der Waals surface area contributed by atoms with Gasteiger partial charge >= 0.3 is 5.97 Å². The summed E-state index contributed by atoms with van der Waals surface area (Å²) in [6, 6.07) is 3.77. The molecule has 0 amide bonds. The first-order valence-corrected chi connectivity index (χ1v) is 8.18. The Morgan fingerprint density at radius 1 is 1.33 bits per heavy atom. The third kappa shape index (κ3) is 3.81. The molecule has 0 unspecified atom stereocenters. The van der Waals surface area contributed by atoms with Crippen LogP contribution in [0.4, 0.5) is 0 Å². The highest BCUT2D eigenvalue weighted by molar-refractivity contribution is 7.89. The van der Waals surface area contributed by atoms with Gasteiger partial charge in [0.25, 0.3) is 0 Å². The van der Waals surface area contributed by atoms with E-state index in [0.717, 1.165) is 0 Å². The number of aliphatic hydroxyl groups excluding tert-OH is 1. The first-order chi connectivity index (χ1) is 9.75. The molecule has 7 heteroatoms. The molecule has 2 N–H and O–H groups in total. The minimum absolute atomic E-state index is 0.00736. The average molecular weight is 315 g/mol. The number of hydrogen-bond donors (Lipinski definition) is 2. The summed E-state index contributed by atoms with van der Waals surface area (Å²) in [5, 5.41) is 18.1. The number of sulfonamides is 1. The molecule has 1 aromatic rings. The molecule has 0 aromatic heterocycles. The minimum Gasteiger partial charge on any atom is -0.478 e. The van der Waals surface area contributed by atoms with Gasteiger partial charge in [0.05, 0.1) is 17.1 Å². The van der Waals surface area contributed by atoms with Gasteiger partial charge in [0, 0.05) is 12.6 Å². The van der Waals surface area contributed by atoms with E-state index >= 15 is 0 Å². The molecule has 0 aliphatic rings. The first-order valence-electron chi connectivity index (χ1n) is 6.74. The molecule has 0 bridgehead atoms. The van der Waals surface area contributed by atoms with E-state index in [2.05, 4.69) is 0 Å². The van der Waals surface area contributed by atoms with E-state index < -0.39 is 16.0 Å². The third-order valence-corrected chi connectivity index (χ3v) is 5.34. The van der Waals surface area contributed by atoms with Crippen molar-refractivity contribution in [1.82, 2.24) is 4.31 Å². The van der Waals surface area contributed by atoms with Gasteiger partial charge in [-0.05, 0) is 38.0 Å². The first kappa shape index (κ1) is 17.6. The lowest BCUT2D eigenvalue weighted by atomic mass is 10.1. The molecule has 21 heavy (non-hydrogen) atoms. The van der Waals surface area contributed by atoms with E-state index in [1.54, 1.807) is 20.8 Å². The predicted octanol–water partition coefficient (Wildman–Crippen LogP) is 1.34. The molecule has 1 aromatic carbocycles. The second-order valence-corrected chi connectivity index (χ2v) is 6.77. The van der Waals surface area contributed by atoms with Crippen LogP contribution < -0.4 is 0 Å². The number of benzene rings is 1. The number of carboxylic acid groups (broad SMARTS) is 1. The summed E-state index contributed by atoms with van der Waals surface area (Å²) in [6.07, 6.45) is 0.472. The SMILES string of the molecule is CCc1ccc(C(=O)O)cc1S(=O)(=O)N(CCO)C(C)C. The number of nitrogens with zero attached hydrogens (tertiary/aromatic N) is 1. The number of hydrogen-bond acceptors (Lipinski definition) is 4. The summed E-state index contributed by atoms with van der Waals surface area (Å²) < 4.78 is 26.7. The van der Waals surface area contributed by atoms with Crippen LogP contribution >= 0.6 is 0 Å². The lowest BCUT2D eigenvalue weighted by Gasteiger charge is -2.26. The van der Waals surface area contributed by atoms with Crippen molar-refractivity contribution in [1.29, 1.82) is 0 Å². The number of carboxylic acids is 1. The van der Waals surface area contributed by atoms with Gasteiger partial charge in [0.2, 0.25) is 10.0 Å². The molecule has 0 saturated heterocycles. The fourth-order valence-electron chi connectivity index (χ4n) is 2.10. The van der Waals surface area contributed by atoms with Crippen LogP contribution in [0.1, 0.15) is 36.7 Å². The molecule has 0 radical (unpaired) electrons. The summed E-state index contributed by atoms with van der Waals surface area (Å²) in [4.78, 5) is 11.1. The fourth-order valence-corrected chi connectivity index (χ4v) is 4.05. The number of aryl methyl sites for hydroxylation is 1. The zero-order valence-electron chi connectivity index (χ0n) is 12.4. The van der Waals surface area contributed by atoms with Crippen molar-refractivity contribution < 1.29 is 23.4 Å². The standard InChI is InChI=1S/C14H21NO5S/c1-4-11-5-6-12(14(17)18)9-13(11)21(19,20)15(7-8-16)10(2)3/h5-6,9-10,16H,4,7-8H2,1-3H3,(H,17,18). The van der Waals surface area contributed by atoms with E-state index in [1.165, 1.54) is 22.5 Å². The molecule has 6 nitrogen and oxygen atoms in total. The topological polar surface area (TPSA) is 94.9 Å². The molecule has 0 fully saturated rings. The monoisotopic (exact) mass is 315 g/mol. The van der Waals surface area contributed by atoms with Crippen LogP contribution in [0, 0.1) is 0 Å². The quantitative estimate of drug-likeness (QED) is 0.791. The Hall–Kier alpha value is -1.44. The van der Waals surface area contributed by atoms with Gasteiger partial charge in [0.1, 0.15) is 0 Å².